The number of carbonyl (C=O) groups excluding carboxylic acids is 2. The Hall–Kier alpha value is -1.75. The molecule has 0 atom stereocenters. The van der Waals surface area contributed by atoms with Crippen molar-refractivity contribution in [2.75, 3.05) is 11.9 Å². The number of primary amides is 1. The number of nitrogens with one attached hydrogen (secondary N) is 2. The molecule has 0 aliphatic heterocycles. The Kier molecular flexibility index (Phi) is 6.87. The molecule has 0 aromatic heterocycles. The standard InChI is InChI=1S/C14H20ClN3O2/c1-10-11(15)6-5-7-12(10)18-13(19)8-3-2-4-9-17-14(16)20/h5-7H,2-4,8-9H2,1H3,(H,18,19)(H3,16,17,20). The smallest absolute Gasteiger partial charge is 0.312 e. The summed E-state index contributed by atoms with van der Waals surface area (Å²) in [6, 6.07) is 4.91. The molecule has 1 aromatic rings. The van der Waals surface area contributed by atoms with Gasteiger partial charge in [0.2, 0.25) is 5.91 Å². The number of urea groups is 1. The van der Waals surface area contributed by atoms with Gasteiger partial charge in [0, 0.05) is 23.7 Å². The van der Waals surface area contributed by atoms with Gasteiger partial charge >= 0.3 is 6.03 Å². The predicted octanol–water partition coefficient (Wildman–Crippen LogP) is 2.82. The molecule has 4 N–H and O–H groups in total. The lowest BCUT2D eigenvalue weighted by atomic mass is 10.1. The number of halogens is 1. The summed E-state index contributed by atoms with van der Waals surface area (Å²) in [5.41, 5.74) is 6.56. The minimum absolute atomic E-state index is 0.0294. The average molecular weight is 298 g/mol. The van der Waals surface area contributed by atoms with Crippen LogP contribution >= 0.6 is 11.6 Å². The molecule has 0 bridgehead atoms. The summed E-state index contributed by atoms with van der Waals surface area (Å²) in [6.07, 6.45) is 2.89. The number of carbonyl (C=O) groups is 2. The normalized spacial score (nSPS) is 10.1. The van der Waals surface area contributed by atoms with Crippen LogP contribution in [-0.4, -0.2) is 18.5 Å². The van der Waals surface area contributed by atoms with Crippen LogP contribution in [0.2, 0.25) is 5.02 Å². The molecule has 5 nitrogen and oxygen atoms in total. The zero-order valence-electron chi connectivity index (χ0n) is 11.5. The van der Waals surface area contributed by atoms with Crippen LogP contribution in [0.5, 0.6) is 0 Å². The van der Waals surface area contributed by atoms with E-state index in [1.807, 2.05) is 13.0 Å². The zero-order chi connectivity index (χ0) is 15.0. The van der Waals surface area contributed by atoms with Gasteiger partial charge in [-0.1, -0.05) is 24.1 Å². The molecule has 0 aliphatic carbocycles. The lowest BCUT2D eigenvalue weighted by Crippen LogP contribution is -2.29. The third-order valence-corrected chi connectivity index (χ3v) is 3.33. The first kappa shape index (κ1) is 16.3. The van der Waals surface area contributed by atoms with Crippen LogP contribution in [0.1, 0.15) is 31.2 Å². The Morgan fingerprint density at radius 2 is 2.00 bits per heavy atom. The van der Waals surface area contributed by atoms with Gasteiger partial charge in [0.1, 0.15) is 0 Å². The first-order chi connectivity index (χ1) is 9.50. The molecule has 0 saturated heterocycles. The fourth-order valence-electron chi connectivity index (χ4n) is 1.75. The molecule has 0 radical (unpaired) electrons. The Labute approximate surface area is 123 Å². The molecule has 0 aliphatic rings. The molecule has 0 spiro atoms. The third kappa shape index (κ3) is 5.93. The lowest BCUT2D eigenvalue weighted by molar-refractivity contribution is -0.116. The van der Waals surface area contributed by atoms with Crippen molar-refractivity contribution >= 4 is 29.2 Å². The SMILES string of the molecule is Cc1c(Cl)cccc1NC(=O)CCCCCNC(N)=O. The monoisotopic (exact) mass is 297 g/mol. The second-order valence-corrected chi connectivity index (χ2v) is 4.97. The van der Waals surface area contributed by atoms with Crippen molar-refractivity contribution in [2.45, 2.75) is 32.6 Å². The summed E-state index contributed by atoms with van der Waals surface area (Å²) in [5.74, 6) is -0.0294. The van der Waals surface area contributed by atoms with Gasteiger partial charge < -0.3 is 16.4 Å². The van der Waals surface area contributed by atoms with E-state index in [1.54, 1.807) is 12.1 Å². The highest BCUT2D eigenvalue weighted by atomic mass is 35.5. The minimum Gasteiger partial charge on any atom is -0.352 e. The van der Waals surface area contributed by atoms with E-state index in [1.165, 1.54) is 0 Å². The van der Waals surface area contributed by atoms with Crippen LogP contribution in [0.3, 0.4) is 0 Å². The van der Waals surface area contributed by atoms with E-state index in [0.717, 1.165) is 30.5 Å². The Morgan fingerprint density at radius 3 is 2.70 bits per heavy atom. The van der Waals surface area contributed by atoms with E-state index in [0.29, 0.717) is 18.0 Å². The third-order valence-electron chi connectivity index (χ3n) is 2.92. The van der Waals surface area contributed by atoms with Crippen molar-refractivity contribution in [2.24, 2.45) is 5.73 Å². The highest BCUT2D eigenvalue weighted by Gasteiger charge is 2.06. The van der Waals surface area contributed by atoms with Crippen molar-refractivity contribution in [3.05, 3.63) is 28.8 Å². The average Bonchev–Trinajstić information content (AvgIpc) is 2.39. The topological polar surface area (TPSA) is 84.2 Å². The summed E-state index contributed by atoms with van der Waals surface area (Å²) in [4.78, 5) is 22.2. The van der Waals surface area contributed by atoms with Crippen molar-refractivity contribution in [3.63, 3.8) is 0 Å². The molecule has 0 unspecified atom stereocenters. The molecule has 3 amide bonds. The van der Waals surface area contributed by atoms with Crippen molar-refractivity contribution in [3.8, 4) is 0 Å². The molecule has 0 fully saturated rings. The number of amides is 3. The van der Waals surface area contributed by atoms with Gasteiger partial charge in [-0.25, -0.2) is 4.79 Å². The summed E-state index contributed by atoms with van der Waals surface area (Å²) < 4.78 is 0. The van der Waals surface area contributed by atoms with Crippen LogP contribution in [0.4, 0.5) is 10.5 Å². The number of benzene rings is 1. The first-order valence-corrected chi connectivity index (χ1v) is 6.96. The van der Waals surface area contributed by atoms with E-state index >= 15 is 0 Å². The molecule has 6 heteroatoms. The lowest BCUT2D eigenvalue weighted by Gasteiger charge is -2.09. The Bertz CT molecular complexity index is 477. The fourth-order valence-corrected chi connectivity index (χ4v) is 1.93. The van der Waals surface area contributed by atoms with Crippen LogP contribution in [-0.2, 0) is 4.79 Å². The van der Waals surface area contributed by atoms with Gasteiger partial charge in [0.15, 0.2) is 0 Å². The van der Waals surface area contributed by atoms with Crippen molar-refractivity contribution in [1.29, 1.82) is 0 Å². The second kappa shape index (κ2) is 8.43. The molecular formula is C14H20ClN3O2. The number of rotatable bonds is 7. The quantitative estimate of drug-likeness (QED) is 0.676. The largest absolute Gasteiger partial charge is 0.352 e. The number of nitrogens with two attached hydrogens (primary N) is 1. The maximum Gasteiger partial charge on any atom is 0.312 e. The fraction of sp³-hybridized carbons (Fsp3) is 0.429. The van der Waals surface area contributed by atoms with Crippen molar-refractivity contribution < 1.29 is 9.59 Å². The summed E-state index contributed by atoms with van der Waals surface area (Å²) >= 11 is 5.99. The van der Waals surface area contributed by atoms with Crippen molar-refractivity contribution in [1.82, 2.24) is 5.32 Å². The molecule has 0 saturated carbocycles. The summed E-state index contributed by atoms with van der Waals surface area (Å²) in [5, 5.41) is 6.00. The van der Waals surface area contributed by atoms with E-state index in [-0.39, 0.29) is 5.91 Å². The van der Waals surface area contributed by atoms with E-state index in [4.69, 9.17) is 17.3 Å². The van der Waals surface area contributed by atoms with Gasteiger partial charge in [-0.2, -0.15) is 0 Å². The number of anilines is 1. The molecule has 1 aromatic carbocycles. The Morgan fingerprint density at radius 1 is 1.25 bits per heavy atom. The van der Waals surface area contributed by atoms with Crippen LogP contribution in [0.25, 0.3) is 0 Å². The van der Waals surface area contributed by atoms with Crippen LogP contribution in [0.15, 0.2) is 18.2 Å². The minimum atomic E-state index is -0.515. The van der Waals surface area contributed by atoms with Gasteiger partial charge in [0.25, 0.3) is 0 Å². The van der Waals surface area contributed by atoms with Gasteiger partial charge in [-0.05, 0) is 37.5 Å². The molecular weight excluding hydrogens is 278 g/mol. The van der Waals surface area contributed by atoms with Gasteiger partial charge in [-0.15, -0.1) is 0 Å². The summed E-state index contributed by atoms with van der Waals surface area (Å²) in [6.45, 7) is 2.41. The number of hydrogen-bond acceptors (Lipinski definition) is 2. The van der Waals surface area contributed by atoms with Crippen LogP contribution in [0, 0.1) is 6.92 Å². The first-order valence-electron chi connectivity index (χ1n) is 6.59. The van der Waals surface area contributed by atoms with Gasteiger partial charge in [0.05, 0.1) is 0 Å². The zero-order valence-corrected chi connectivity index (χ0v) is 12.3. The van der Waals surface area contributed by atoms with E-state index in [9.17, 15) is 9.59 Å². The molecule has 0 heterocycles. The predicted molar refractivity (Wildman–Crippen MR) is 80.9 cm³/mol. The highest BCUT2D eigenvalue weighted by Crippen LogP contribution is 2.23. The summed E-state index contributed by atoms with van der Waals surface area (Å²) in [7, 11) is 0. The number of unbranched alkanes of at least 4 members (excludes halogenated alkanes) is 2. The maximum atomic E-state index is 11.8. The molecule has 20 heavy (non-hydrogen) atoms. The van der Waals surface area contributed by atoms with E-state index < -0.39 is 6.03 Å². The molecule has 110 valence electrons. The highest BCUT2D eigenvalue weighted by molar-refractivity contribution is 6.31. The van der Waals surface area contributed by atoms with Crippen LogP contribution < -0.4 is 16.4 Å². The second-order valence-electron chi connectivity index (χ2n) is 4.56. The van der Waals surface area contributed by atoms with Gasteiger partial charge in [-0.3, -0.25) is 4.79 Å². The Balaban J connectivity index is 2.24. The van der Waals surface area contributed by atoms with E-state index in [2.05, 4.69) is 10.6 Å². The number of hydrogen-bond donors (Lipinski definition) is 3. The molecule has 1 rings (SSSR count). The maximum absolute atomic E-state index is 11.8.